The molecule has 0 aliphatic carbocycles. The Balaban J connectivity index is 1.59. The number of carbonyl (C=O) groups excluding carboxylic acids is 2. The van der Waals surface area contributed by atoms with E-state index in [1.54, 1.807) is 0 Å². The van der Waals surface area contributed by atoms with Crippen LogP contribution in [0.4, 0.5) is 0 Å². The van der Waals surface area contributed by atoms with Crippen LogP contribution in [0.1, 0.15) is 226 Å². The molecule has 14 N–H and O–H groups in total. The molecule has 0 radical (unpaired) electrons. The maximum atomic E-state index is 13.4. The smallest absolute Gasteiger partial charge is 0.364 e. The Kier molecular flexibility index (Phi) is 39.7. The topological polar surface area (TPSA) is 373 Å². The molecule has 0 aromatic heterocycles. The molecule has 3 aliphatic rings. The van der Waals surface area contributed by atoms with Crippen LogP contribution in [-0.2, 0) is 42.8 Å². The van der Waals surface area contributed by atoms with Crippen LogP contribution in [0.15, 0.2) is 12.2 Å². The van der Waals surface area contributed by atoms with Crippen LogP contribution in [0, 0.1) is 0 Å². The Hall–Kier alpha value is -2.53. The summed E-state index contributed by atoms with van der Waals surface area (Å²) in [6, 6.07) is -2.53. The van der Waals surface area contributed by atoms with Crippen molar-refractivity contribution >= 4 is 17.8 Å². The number of nitrogens with one attached hydrogen (secondary N) is 2. The lowest BCUT2D eigenvalue weighted by Crippen LogP contribution is -2.70. The third-order valence-electron chi connectivity index (χ3n) is 16.7. The molecule has 3 fully saturated rings. The lowest BCUT2D eigenvalue weighted by atomic mass is 9.88. The van der Waals surface area contributed by atoms with Gasteiger partial charge in [-0.05, 0) is 38.5 Å². The van der Waals surface area contributed by atoms with Gasteiger partial charge in [0.05, 0.1) is 50.7 Å². The van der Waals surface area contributed by atoms with E-state index < -0.39 is 148 Å². The van der Waals surface area contributed by atoms with Crippen LogP contribution in [0.25, 0.3) is 0 Å². The normalized spacial score (nSPS) is 29.6. The van der Waals surface area contributed by atoms with Crippen LogP contribution >= 0.6 is 0 Å². The number of hydrogen-bond acceptors (Lipinski definition) is 20. The van der Waals surface area contributed by atoms with E-state index in [2.05, 4.69) is 36.6 Å². The van der Waals surface area contributed by atoms with Crippen LogP contribution in [0.3, 0.4) is 0 Å². The molecule has 0 aromatic rings. The van der Waals surface area contributed by atoms with Crippen molar-refractivity contribution in [3.05, 3.63) is 12.2 Å². The van der Waals surface area contributed by atoms with E-state index in [9.17, 15) is 75.7 Å². The fourth-order valence-corrected chi connectivity index (χ4v) is 11.5. The Morgan fingerprint density at radius 2 is 1.09 bits per heavy atom. The molecule has 0 aromatic carbocycles. The molecule has 85 heavy (non-hydrogen) atoms. The van der Waals surface area contributed by atoms with Crippen LogP contribution in [0.2, 0.25) is 0 Å². The lowest BCUT2D eigenvalue weighted by molar-refractivity contribution is -0.386. The number of aliphatic hydroxyl groups excluding tert-OH is 11. The summed E-state index contributed by atoms with van der Waals surface area (Å²) in [6.45, 7) is 2.16. The summed E-state index contributed by atoms with van der Waals surface area (Å²) in [5.74, 6) is -6.11. The van der Waals surface area contributed by atoms with Crippen LogP contribution in [0.5, 0.6) is 0 Å². The Labute approximate surface area is 505 Å². The molecular formula is C62H114N2O21. The van der Waals surface area contributed by atoms with Gasteiger partial charge in [-0.25, -0.2) is 4.79 Å². The van der Waals surface area contributed by atoms with Crippen molar-refractivity contribution in [1.29, 1.82) is 0 Å². The molecule has 18 atom stereocenters. The number of ether oxygens (including phenoxy) is 6. The van der Waals surface area contributed by atoms with Crippen molar-refractivity contribution in [3.8, 4) is 0 Å². The van der Waals surface area contributed by atoms with E-state index in [0.29, 0.717) is 19.3 Å². The average Bonchev–Trinajstić information content (AvgIpc) is 1.85. The van der Waals surface area contributed by atoms with Gasteiger partial charge in [-0.1, -0.05) is 180 Å². The summed E-state index contributed by atoms with van der Waals surface area (Å²) in [5.41, 5.74) is 0. The number of carboxylic acids is 1. The number of allylic oxidation sites excluding steroid dienone is 2. The lowest BCUT2D eigenvalue weighted by Gasteiger charge is -2.50. The third kappa shape index (κ3) is 27.6. The van der Waals surface area contributed by atoms with Crippen molar-refractivity contribution in [2.75, 3.05) is 26.4 Å². The number of aliphatic carboxylic acids is 1. The highest BCUT2D eigenvalue weighted by Gasteiger charge is 2.60. The summed E-state index contributed by atoms with van der Waals surface area (Å²) >= 11 is 0. The molecule has 0 spiro atoms. The van der Waals surface area contributed by atoms with Crippen molar-refractivity contribution in [2.45, 2.75) is 336 Å². The number of hydrogen-bond donors (Lipinski definition) is 14. The second-order valence-electron chi connectivity index (χ2n) is 24.0. The van der Waals surface area contributed by atoms with Gasteiger partial charge < -0.3 is 100 Å². The standard InChI is InChI=1S/C62H114N2O21/c1-4-6-8-10-12-14-16-17-18-19-20-21-22-23-24-25-26-28-30-32-34-36-49(72)64-43(44(69)35-33-31-29-27-15-13-11-9-7-5-2)41-80-59-54(76)53(75)56(48(40-67)82-59)83-60-55(77)58(52(74)47(39-66)81-60)85-62(61(78)79)37-45(70)50(63-42(3)68)57(84-62)51(73)46(71)38-65/h21-22,43-48,50-60,65-67,69-71,73-77H,4-20,23-41H2,1-3H3,(H,63,68)(H,64,72)(H,78,79)/b22-21-. The number of unbranched alkanes of at least 4 members (excludes halogenated alkanes) is 26. The molecule has 3 saturated heterocycles. The molecule has 23 heteroatoms. The summed E-state index contributed by atoms with van der Waals surface area (Å²) in [5, 5.41) is 136. The Morgan fingerprint density at radius 1 is 0.600 bits per heavy atom. The SMILES string of the molecule is CCCCCCCCCCCC/C=C\CCCCCCCCCC(=O)NC(COC1OC(CO)C(OC2OC(CO)C(O)C(OC3(C(=O)O)CC(O)C(NC(C)=O)C(C(O)C(O)CO)O3)C2O)C(O)C1O)C(O)CCCCCCCCCCCC. The van der Waals surface area contributed by atoms with E-state index in [1.165, 1.54) is 96.3 Å². The molecule has 2 amide bonds. The van der Waals surface area contributed by atoms with Gasteiger partial charge in [0, 0.05) is 19.8 Å². The molecule has 498 valence electrons. The third-order valence-corrected chi connectivity index (χ3v) is 16.7. The summed E-state index contributed by atoms with van der Waals surface area (Å²) in [4.78, 5) is 38.4. The van der Waals surface area contributed by atoms with Crippen LogP contribution in [-0.4, -0.2) is 215 Å². The van der Waals surface area contributed by atoms with Crippen molar-refractivity contribution in [1.82, 2.24) is 10.6 Å². The van der Waals surface area contributed by atoms with E-state index in [0.717, 1.165) is 84.0 Å². The summed E-state index contributed by atoms with van der Waals surface area (Å²) in [7, 11) is 0. The zero-order chi connectivity index (χ0) is 62.6. The fraction of sp³-hybridized carbons (Fsp3) is 0.919. The highest BCUT2D eigenvalue weighted by molar-refractivity contribution is 5.77. The van der Waals surface area contributed by atoms with Gasteiger partial charge in [-0.15, -0.1) is 0 Å². The second kappa shape index (κ2) is 44.0. The maximum absolute atomic E-state index is 13.4. The van der Waals surface area contributed by atoms with Gasteiger partial charge in [0.15, 0.2) is 12.6 Å². The van der Waals surface area contributed by atoms with Gasteiger partial charge in [0.25, 0.3) is 5.79 Å². The quantitative estimate of drug-likeness (QED) is 0.0298. The predicted octanol–water partition coefficient (Wildman–Crippen LogP) is 4.34. The van der Waals surface area contributed by atoms with Gasteiger partial charge in [0.2, 0.25) is 11.8 Å². The first kappa shape index (κ1) is 76.7. The number of carbonyl (C=O) groups is 3. The molecule has 3 aliphatic heterocycles. The number of aliphatic hydroxyl groups is 11. The minimum atomic E-state index is -3.08. The van der Waals surface area contributed by atoms with Gasteiger partial charge >= 0.3 is 5.97 Å². The molecular weight excluding hydrogens is 1110 g/mol. The highest BCUT2D eigenvalue weighted by Crippen LogP contribution is 2.38. The second-order valence-corrected chi connectivity index (χ2v) is 24.0. The van der Waals surface area contributed by atoms with Crippen molar-refractivity contribution in [3.63, 3.8) is 0 Å². The number of rotatable bonds is 48. The van der Waals surface area contributed by atoms with E-state index in [1.807, 2.05) is 0 Å². The number of amides is 2. The van der Waals surface area contributed by atoms with Gasteiger partial charge in [0.1, 0.15) is 67.1 Å². The van der Waals surface area contributed by atoms with Crippen LogP contribution < -0.4 is 10.6 Å². The zero-order valence-electron chi connectivity index (χ0n) is 51.5. The van der Waals surface area contributed by atoms with Gasteiger partial charge in [-0.2, -0.15) is 0 Å². The molecule has 0 saturated carbocycles. The van der Waals surface area contributed by atoms with E-state index in [-0.39, 0.29) is 18.9 Å². The molecule has 0 bridgehead atoms. The molecule has 18 unspecified atom stereocenters. The largest absolute Gasteiger partial charge is 0.477 e. The molecule has 3 heterocycles. The van der Waals surface area contributed by atoms with E-state index in [4.69, 9.17) is 28.4 Å². The fourth-order valence-electron chi connectivity index (χ4n) is 11.5. The minimum absolute atomic E-state index is 0.219. The van der Waals surface area contributed by atoms with Crippen molar-refractivity contribution in [2.24, 2.45) is 0 Å². The maximum Gasteiger partial charge on any atom is 0.364 e. The van der Waals surface area contributed by atoms with Gasteiger partial charge in [-0.3, -0.25) is 9.59 Å². The zero-order valence-corrected chi connectivity index (χ0v) is 51.5. The average molecular weight is 1220 g/mol. The number of carboxylic acid groups (broad SMARTS) is 1. The van der Waals surface area contributed by atoms with E-state index >= 15 is 0 Å². The summed E-state index contributed by atoms with van der Waals surface area (Å²) in [6.07, 6.45) is 9.61. The van der Waals surface area contributed by atoms with Crippen molar-refractivity contribution < 1.29 is 104 Å². The highest BCUT2D eigenvalue weighted by atomic mass is 16.8. The Bertz CT molecular complexity index is 1790. The molecule has 23 nitrogen and oxygen atoms in total. The minimum Gasteiger partial charge on any atom is -0.477 e. The molecule has 3 rings (SSSR count). The predicted molar refractivity (Wildman–Crippen MR) is 315 cm³/mol. The first-order chi connectivity index (χ1) is 40.9. The monoisotopic (exact) mass is 1220 g/mol. The first-order valence-corrected chi connectivity index (χ1v) is 32.5. The summed E-state index contributed by atoms with van der Waals surface area (Å²) < 4.78 is 34.7. The Morgan fingerprint density at radius 3 is 1.59 bits per heavy atom. The first-order valence-electron chi connectivity index (χ1n) is 32.5.